The van der Waals surface area contributed by atoms with E-state index in [1.165, 1.54) is 24.0 Å². The lowest BCUT2D eigenvalue weighted by atomic mass is 9.99. The lowest BCUT2D eigenvalue weighted by Crippen LogP contribution is -2.26. The molecular weight excluding hydrogens is 210 g/mol. The van der Waals surface area contributed by atoms with Crippen molar-refractivity contribution in [2.45, 2.75) is 38.6 Å². The van der Waals surface area contributed by atoms with Gasteiger partial charge >= 0.3 is 0 Å². The van der Waals surface area contributed by atoms with Crippen molar-refractivity contribution >= 4 is 0 Å². The van der Waals surface area contributed by atoms with Gasteiger partial charge in [-0.15, -0.1) is 0 Å². The molecule has 2 nitrogen and oxygen atoms in total. The second-order valence-corrected chi connectivity index (χ2v) is 4.59. The Bertz CT molecular complexity index is 312. The van der Waals surface area contributed by atoms with Crippen molar-refractivity contribution in [3.8, 4) is 0 Å². The van der Waals surface area contributed by atoms with Gasteiger partial charge < -0.3 is 10.1 Å². The van der Waals surface area contributed by atoms with Gasteiger partial charge in [-0.05, 0) is 50.8 Å². The molecule has 1 N–H and O–H groups in total. The van der Waals surface area contributed by atoms with E-state index in [2.05, 4.69) is 43.6 Å². The minimum Gasteiger partial charge on any atom is -0.385 e. The van der Waals surface area contributed by atoms with E-state index in [9.17, 15) is 0 Å². The lowest BCUT2D eigenvalue weighted by Gasteiger charge is -2.16. The van der Waals surface area contributed by atoms with E-state index in [4.69, 9.17) is 4.74 Å². The first-order valence-corrected chi connectivity index (χ1v) is 6.48. The number of hydrogen-bond acceptors (Lipinski definition) is 2. The first kappa shape index (κ1) is 14.2. The maximum atomic E-state index is 5.09. The maximum absolute atomic E-state index is 5.09. The van der Waals surface area contributed by atoms with Gasteiger partial charge in [0.2, 0.25) is 0 Å². The summed E-state index contributed by atoms with van der Waals surface area (Å²) in [4.78, 5) is 0. The predicted octanol–water partition coefficient (Wildman–Crippen LogP) is 2.94. The molecule has 1 aromatic carbocycles. The van der Waals surface area contributed by atoms with E-state index in [1.807, 2.05) is 0 Å². The van der Waals surface area contributed by atoms with Crippen LogP contribution >= 0.6 is 0 Å². The average molecular weight is 235 g/mol. The Morgan fingerprint density at radius 3 is 2.65 bits per heavy atom. The van der Waals surface area contributed by atoms with Crippen LogP contribution in [-0.2, 0) is 11.2 Å². The number of aryl methyl sites for hydroxylation is 2. The third-order valence-electron chi connectivity index (χ3n) is 3.33. The molecule has 0 fully saturated rings. The normalized spacial score (nSPS) is 12.6. The van der Waals surface area contributed by atoms with Crippen LogP contribution in [0, 0.1) is 6.92 Å². The van der Waals surface area contributed by atoms with Crippen LogP contribution in [0.2, 0.25) is 0 Å². The van der Waals surface area contributed by atoms with E-state index < -0.39 is 0 Å². The fraction of sp³-hybridized carbons (Fsp3) is 0.600. The second kappa shape index (κ2) is 8.26. The van der Waals surface area contributed by atoms with Crippen LogP contribution in [0.4, 0.5) is 0 Å². The number of ether oxygens (including phenoxy) is 1. The summed E-state index contributed by atoms with van der Waals surface area (Å²) in [6, 6.07) is 9.25. The Morgan fingerprint density at radius 2 is 2.00 bits per heavy atom. The summed E-state index contributed by atoms with van der Waals surface area (Å²) >= 11 is 0. The van der Waals surface area contributed by atoms with Crippen LogP contribution < -0.4 is 5.32 Å². The molecule has 0 saturated heterocycles. The summed E-state index contributed by atoms with van der Waals surface area (Å²) in [5, 5.41) is 3.40. The summed E-state index contributed by atoms with van der Waals surface area (Å²) in [5.41, 5.74) is 2.87. The number of benzene rings is 1. The second-order valence-electron chi connectivity index (χ2n) is 4.59. The Hall–Kier alpha value is -0.860. The van der Waals surface area contributed by atoms with E-state index in [0.717, 1.165) is 19.4 Å². The summed E-state index contributed by atoms with van der Waals surface area (Å²) in [6.07, 6.45) is 4.68. The van der Waals surface area contributed by atoms with E-state index in [-0.39, 0.29) is 0 Å². The Labute approximate surface area is 105 Å². The van der Waals surface area contributed by atoms with Crippen LogP contribution in [-0.4, -0.2) is 26.8 Å². The van der Waals surface area contributed by atoms with Gasteiger partial charge in [0, 0.05) is 19.8 Å². The summed E-state index contributed by atoms with van der Waals surface area (Å²) in [7, 11) is 3.82. The highest BCUT2D eigenvalue weighted by atomic mass is 16.5. The van der Waals surface area contributed by atoms with Crippen molar-refractivity contribution in [1.82, 2.24) is 5.32 Å². The molecule has 1 rings (SSSR count). The van der Waals surface area contributed by atoms with Crippen molar-refractivity contribution in [3.63, 3.8) is 0 Å². The molecule has 0 aliphatic carbocycles. The van der Waals surface area contributed by atoms with Crippen molar-refractivity contribution in [2.24, 2.45) is 0 Å². The summed E-state index contributed by atoms with van der Waals surface area (Å²) in [5.74, 6) is 0. The first-order valence-electron chi connectivity index (χ1n) is 6.48. The van der Waals surface area contributed by atoms with Crippen LogP contribution in [0.25, 0.3) is 0 Å². The zero-order valence-corrected chi connectivity index (χ0v) is 11.3. The van der Waals surface area contributed by atoms with Crippen LogP contribution in [0.1, 0.15) is 30.4 Å². The van der Waals surface area contributed by atoms with E-state index >= 15 is 0 Å². The fourth-order valence-electron chi connectivity index (χ4n) is 2.13. The summed E-state index contributed by atoms with van der Waals surface area (Å²) < 4.78 is 5.09. The minimum atomic E-state index is 0.602. The molecular formula is C15H25NO. The highest BCUT2D eigenvalue weighted by Crippen LogP contribution is 2.12. The lowest BCUT2D eigenvalue weighted by molar-refractivity contribution is 0.188. The molecule has 96 valence electrons. The molecule has 0 aromatic heterocycles. The van der Waals surface area contributed by atoms with E-state index in [1.54, 1.807) is 7.11 Å². The highest BCUT2D eigenvalue weighted by molar-refractivity contribution is 5.25. The monoisotopic (exact) mass is 235 g/mol. The summed E-state index contributed by atoms with van der Waals surface area (Å²) in [6.45, 7) is 3.05. The SMILES string of the molecule is CNC(CCCOC)CCc1ccccc1C. The predicted molar refractivity (Wildman–Crippen MR) is 73.5 cm³/mol. The Kier molecular flexibility index (Phi) is 6.90. The van der Waals surface area contributed by atoms with Gasteiger partial charge in [0.1, 0.15) is 0 Å². The molecule has 0 heterocycles. The third-order valence-corrected chi connectivity index (χ3v) is 3.33. The zero-order valence-electron chi connectivity index (χ0n) is 11.3. The molecule has 1 aromatic rings. The van der Waals surface area contributed by atoms with Gasteiger partial charge in [-0.1, -0.05) is 24.3 Å². The van der Waals surface area contributed by atoms with Crippen LogP contribution in [0.15, 0.2) is 24.3 Å². The number of rotatable bonds is 8. The number of methoxy groups -OCH3 is 1. The van der Waals surface area contributed by atoms with Crippen molar-refractivity contribution in [2.75, 3.05) is 20.8 Å². The smallest absolute Gasteiger partial charge is 0.0462 e. The topological polar surface area (TPSA) is 21.3 Å². The van der Waals surface area contributed by atoms with Gasteiger partial charge in [0.15, 0.2) is 0 Å². The standard InChI is InChI=1S/C15H25NO/c1-13-7-4-5-8-14(13)10-11-15(16-2)9-6-12-17-3/h4-5,7-8,15-16H,6,9-12H2,1-3H3. The average Bonchev–Trinajstić information content (AvgIpc) is 2.35. The molecule has 0 saturated carbocycles. The Balaban J connectivity index is 2.34. The molecule has 0 radical (unpaired) electrons. The van der Waals surface area contributed by atoms with Gasteiger partial charge in [0.05, 0.1) is 0 Å². The first-order chi connectivity index (χ1) is 8.27. The van der Waals surface area contributed by atoms with Crippen LogP contribution in [0.3, 0.4) is 0 Å². The number of nitrogens with one attached hydrogen (secondary N) is 1. The molecule has 0 bridgehead atoms. The molecule has 17 heavy (non-hydrogen) atoms. The van der Waals surface area contributed by atoms with E-state index in [0.29, 0.717) is 6.04 Å². The highest BCUT2D eigenvalue weighted by Gasteiger charge is 2.06. The fourth-order valence-corrected chi connectivity index (χ4v) is 2.13. The van der Waals surface area contributed by atoms with Gasteiger partial charge in [-0.2, -0.15) is 0 Å². The van der Waals surface area contributed by atoms with Crippen molar-refractivity contribution in [1.29, 1.82) is 0 Å². The maximum Gasteiger partial charge on any atom is 0.0462 e. The molecule has 0 amide bonds. The van der Waals surface area contributed by atoms with Gasteiger partial charge in [0.25, 0.3) is 0 Å². The van der Waals surface area contributed by atoms with Gasteiger partial charge in [-0.3, -0.25) is 0 Å². The zero-order chi connectivity index (χ0) is 12.5. The van der Waals surface area contributed by atoms with Crippen LogP contribution in [0.5, 0.6) is 0 Å². The minimum absolute atomic E-state index is 0.602. The van der Waals surface area contributed by atoms with Crippen molar-refractivity contribution < 1.29 is 4.74 Å². The molecule has 0 spiro atoms. The molecule has 0 aliphatic rings. The Morgan fingerprint density at radius 1 is 1.24 bits per heavy atom. The van der Waals surface area contributed by atoms with Crippen molar-refractivity contribution in [3.05, 3.63) is 35.4 Å². The number of hydrogen-bond donors (Lipinski definition) is 1. The molecule has 0 aliphatic heterocycles. The molecule has 1 atom stereocenters. The molecule has 2 heteroatoms. The molecule has 1 unspecified atom stereocenters. The van der Waals surface area contributed by atoms with Gasteiger partial charge in [-0.25, -0.2) is 0 Å². The third kappa shape index (κ3) is 5.33. The quantitative estimate of drug-likeness (QED) is 0.700. The largest absolute Gasteiger partial charge is 0.385 e.